The lowest BCUT2D eigenvalue weighted by Crippen LogP contribution is -2.18. The standard InChI is InChI=1S/C8H9N3O2/c12-5-4-11-6-2-1-3-9-7(6)10-8(11)13/h1-3,12H,4-5H2,(H,9,10,13). The summed E-state index contributed by atoms with van der Waals surface area (Å²) in [5, 5.41) is 8.73. The van der Waals surface area contributed by atoms with Gasteiger partial charge in [-0.15, -0.1) is 0 Å². The molecule has 0 saturated carbocycles. The van der Waals surface area contributed by atoms with E-state index in [0.29, 0.717) is 12.2 Å². The Morgan fingerprint density at radius 2 is 2.46 bits per heavy atom. The van der Waals surface area contributed by atoms with Crippen LogP contribution < -0.4 is 5.69 Å². The molecule has 68 valence electrons. The number of imidazole rings is 1. The number of pyridine rings is 1. The first-order valence-corrected chi connectivity index (χ1v) is 3.97. The summed E-state index contributed by atoms with van der Waals surface area (Å²) in [5.41, 5.74) is 1.05. The Kier molecular flexibility index (Phi) is 1.86. The van der Waals surface area contributed by atoms with Gasteiger partial charge in [0.25, 0.3) is 0 Å². The zero-order valence-corrected chi connectivity index (χ0v) is 6.90. The molecule has 0 spiro atoms. The Morgan fingerprint density at radius 3 is 3.23 bits per heavy atom. The van der Waals surface area contributed by atoms with Crippen LogP contribution in [0.1, 0.15) is 0 Å². The Bertz CT molecular complexity index is 471. The average molecular weight is 179 g/mol. The Balaban J connectivity index is 2.71. The van der Waals surface area contributed by atoms with Crippen molar-refractivity contribution >= 4 is 11.2 Å². The van der Waals surface area contributed by atoms with Gasteiger partial charge in [0.2, 0.25) is 0 Å². The first-order chi connectivity index (χ1) is 6.33. The number of rotatable bonds is 2. The lowest BCUT2D eigenvalue weighted by atomic mass is 10.4. The number of aliphatic hydroxyl groups is 1. The number of aromatic nitrogens is 3. The van der Waals surface area contributed by atoms with Gasteiger partial charge >= 0.3 is 5.69 Å². The van der Waals surface area contributed by atoms with E-state index in [1.54, 1.807) is 18.3 Å². The van der Waals surface area contributed by atoms with E-state index >= 15 is 0 Å². The van der Waals surface area contributed by atoms with Gasteiger partial charge in [0.15, 0.2) is 5.65 Å². The van der Waals surface area contributed by atoms with Crippen LogP contribution in [-0.4, -0.2) is 26.2 Å². The monoisotopic (exact) mass is 179 g/mol. The first-order valence-electron chi connectivity index (χ1n) is 3.97. The molecule has 0 atom stereocenters. The van der Waals surface area contributed by atoms with Crippen LogP contribution in [0.2, 0.25) is 0 Å². The molecule has 0 aliphatic heterocycles. The smallest absolute Gasteiger partial charge is 0.327 e. The Hall–Kier alpha value is -1.62. The van der Waals surface area contributed by atoms with Crippen molar-refractivity contribution < 1.29 is 5.11 Å². The van der Waals surface area contributed by atoms with Gasteiger partial charge in [0.1, 0.15) is 0 Å². The summed E-state index contributed by atoms with van der Waals surface area (Å²) in [6.07, 6.45) is 1.61. The predicted molar refractivity (Wildman–Crippen MR) is 47.4 cm³/mol. The second-order valence-corrected chi connectivity index (χ2v) is 2.68. The fourth-order valence-corrected chi connectivity index (χ4v) is 1.31. The quantitative estimate of drug-likeness (QED) is 0.665. The van der Waals surface area contributed by atoms with Crippen molar-refractivity contribution in [3.63, 3.8) is 0 Å². The van der Waals surface area contributed by atoms with E-state index in [-0.39, 0.29) is 12.3 Å². The summed E-state index contributed by atoms with van der Waals surface area (Å²) >= 11 is 0. The largest absolute Gasteiger partial charge is 0.395 e. The fourth-order valence-electron chi connectivity index (χ4n) is 1.31. The summed E-state index contributed by atoms with van der Waals surface area (Å²) in [7, 11) is 0. The SMILES string of the molecule is O=c1[nH]c2ncccc2n1CCO. The van der Waals surface area contributed by atoms with Crippen LogP contribution in [0.25, 0.3) is 11.2 Å². The summed E-state index contributed by atoms with van der Waals surface area (Å²) in [5.74, 6) is 0. The summed E-state index contributed by atoms with van der Waals surface area (Å²) in [6, 6.07) is 3.54. The van der Waals surface area contributed by atoms with Crippen molar-refractivity contribution in [2.75, 3.05) is 6.61 Å². The molecular formula is C8H9N3O2. The highest BCUT2D eigenvalue weighted by atomic mass is 16.3. The number of nitrogens with zero attached hydrogens (tertiary/aromatic N) is 2. The molecule has 5 nitrogen and oxygen atoms in total. The minimum Gasteiger partial charge on any atom is -0.395 e. The van der Waals surface area contributed by atoms with Crippen LogP contribution >= 0.6 is 0 Å². The van der Waals surface area contributed by atoms with Gasteiger partial charge in [-0.1, -0.05) is 0 Å². The van der Waals surface area contributed by atoms with E-state index in [9.17, 15) is 4.79 Å². The van der Waals surface area contributed by atoms with Crippen molar-refractivity contribution in [1.29, 1.82) is 0 Å². The third-order valence-corrected chi connectivity index (χ3v) is 1.87. The van der Waals surface area contributed by atoms with Crippen molar-refractivity contribution in [3.05, 3.63) is 28.8 Å². The Labute approximate surface area is 73.7 Å². The molecule has 0 aliphatic rings. The summed E-state index contributed by atoms with van der Waals surface area (Å²) in [4.78, 5) is 17.9. The molecule has 2 N–H and O–H groups in total. The second-order valence-electron chi connectivity index (χ2n) is 2.68. The van der Waals surface area contributed by atoms with Crippen LogP contribution in [0.5, 0.6) is 0 Å². The number of nitrogens with one attached hydrogen (secondary N) is 1. The topological polar surface area (TPSA) is 70.9 Å². The molecular weight excluding hydrogens is 170 g/mol. The fraction of sp³-hybridized carbons (Fsp3) is 0.250. The molecule has 0 bridgehead atoms. The predicted octanol–water partition coefficient (Wildman–Crippen LogP) is -0.283. The molecule has 0 amide bonds. The van der Waals surface area contributed by atoms with Crippen LogP contribution in [0.4, 0.5) is 0 Å². The number of aromatic amines is 1. The van der Waals surface area contributed by atoms with E-state index in [1.165, 1.54) is 4.57 Å². The van der Waals surface area contributed by atoms with Gasteiger partial charge in [-0.2, -0.15) is 0 Å². The molecule has 0 unspecified atom stereocenters. The third-order valence-electron chi connectivity index (χ3n) is 1.87. The highest BCUT2D eigenvalue weighted by Gasteiger charge is 2.04. The van der Waals surface area contributed by atoms with Gasteiger partial charge in [-0.3, -0.25) is 9.55 Å². The molecule has 2 aromatic rings. The van der Waals surface area contributed by atoms with Crippen molar-refractivity contribution in [3.8, 4) is 0 Å². The first kappa shape index (κ1) is 8.00. The van der Waals surface area contributed by atoms with Gasteiger partial charge in [0, 0.05) is 6.20 Å². The van der Waals surface area contributed by atoms with Gasteiger partial charge < -0.3 is 5.11 Å². The summed E-state index contributed by atoms with van der Waals surface area (Å²) in [6.45, 7) is 0.242. The zero-order valence-electron chi connectivity index (χ0n) is 6.90. The maximum Gasteiger partial charge on any atom is 0.327 e. The van der Waals surface area contributed by atoms with Crippen LogP contribution in [0, 0.1) is 0 Å². The van der Waals surface area contributed by atoms with Crippen molar-refractivity contribution in [2.45, 2.75) is 6.54 Å². The van der Waals surface area contributed by atoms with E-state index in [2.05, 4.69) is 9.97 Å². The molecule has 5 heteroatoms. The molecule has 2 aromatic heterocycles. The highest BCUT2D eigenvalue weighted by molar-refractivity contribution is 5.70. The van der Waals surface area contributed by atoms with Crippen LogP contribution in [0.3, 0.4) is 0 Å². The number of aliphatic hydroxyl groups excluding tert-OH is 1. The second kappa shape index (κ2) is 3.02. The van der Waals surface area contributed by atoms with Gasteiger partial charge in [0.05, 0.1) is 18.7 Å². The number of hydrogen-bond donors (Lipinski definition) is 2. The van der Waals surface area contributed by atoms with Gasteiger partial charge in [-0.25, -0.2) is 9.78 Å². The van der Waals surface area contributed by atoms with Crippen molar-refractivity contribution in [2.24, 2.45) is 0 Å². The lowest BCUT2D eigenvalue weighted by molar-refractivity contribution is 0.276. The molecule has 0 radical (unpaired) electrons. The number of H-pyrrole nitrogens is 1. The zero-order chi connectivity index (χ0) is 9.26. The van der Waals surface area contributed by atoms with Gasteiger partial charge in [-0.05, 0) is 12.1 Å². The molecule has 0 aliphatic carbocycles. The maximum absolute atomic E-state index is 11.3. The Morgan fingerprint density at radius 1 is 1.62 bits per heavy atom. The van der Waals surface area contributed by atoms with Crippen LogP contribution in [-0.2, 0) is 6.54 Å². The molecule has 0 saturated heterocycles. The average Bonchev–Trinajstić information content (AvgIpc) is 2.44. The third kappa shape index (κ3) is 1.23. The minimum absolute atomic E-state index is 0.0538. The van der Waals surface area contributed by atoms with E-state index in [4.69, 9.17) is 5.11 Å². The molecule has 2 heterocycles. The molecule has 2 rings (SSSR count). The van der Waals surface area contributed by atoms with E-state index in [0.717, 1.165) is 5.52 Å². The number of fused-ring (bicyclic) bond motifs is 1. The minimum atomic E-state index is -0.234. The normalized spacial score (nSPS) is 10.8. The highest BCUT2D eigenvalue weighted by Crippen LogP contribution is 2.04. The molecule has 0 fully saturated rings. The maximum atomic E-state index is 11.3. The molecule has 13 heavy (non-hydrogen) atoms. The van der Waals surface area contributed by atoms with Crippen LogP contribution in [0.15, 0.2) is 23.1 Å². The van der Waals surface area contributed by atoms with Crippen molar-refractivity contribution in [1.82, 2.24) is 14.5 Å². The lowest BCUT2D eigenvalue weighted by Gasteiger charge is -1.97. The number of hydrogen-bond acceptors (Lipinski definition) is 3. The summed E-state index contributed by atoms with van der Waals surface area (Å²) < 4.78 is 1.46. The van der Waals surface area contributed by atoms with E-state index < -0.39 is 0 Å². The van der Waals surface area contributed by atoms with E-state index in [1.807, 2.05) is 0 Å². The molecule has 0 aromatic carbocycles.